The van der Waals surface area contributed by atoms with Gasteiger partial charge >= 0.3 is 0 Å². The highest BCUT2D eigenvalue weighted by molar-refractivity contribution is 9.10. The van der Waals surface area contributed by atoms with Crippen LogP contribution in [0.1, 0.15) is 34.9 Å². The normalized spacial score (nSPS) is 13.4. The number of amides is 1. The summed E-state index contributed by atoms with van der Waals surface area (Å²) in [6, 6.07) is 13.6. The van der Waals surface area contributed by atoms with E-state index in [1.54, 1.807) is 16.8 Å². The fraction of sp³-hybridized carbons (Fsp3) is 0.250. The maximum atomic E-state index is 13.1. The molecule has 1 fully saturated rings. The zero-order valence-corrected chi connectivity index (χ0v) is 16.5. The quantitative estimate of drug-likeness (QED) is 0.561. The van der Waals surface area contributed by atoms with Gasteiger partial charge in [-0.05, 0) is 49.2 Å². The first kappa shape index (κ1) is 18.6. The lowest BCUT2D eigenvalue weighted by Crippen LogP contribution is -2.29. The third-order valence-corrected chi connectivity index (χ3v) is 4.94. The van der Waals surface area contributed by atoms with Crippen LogP contribution in [0.15, 0.2) is 53.0 Å². The summed E-state index contributed by atoms with van der Waals surface area (Å²) in [5, 5.41) is 11.1. The fourth-order valence-corrected chi connectivity index (χ4v) is 3.19. The Morgan fingerprint density at radius 1 is 1.25 bits per heavy atom. The number of nitrogens with one attached hydrogen (secondary N) is 1. The summed E-state index contributed by atoms with van der Waals surface area (Å²) in [7, 11) is 0. The molecular formula is C20H18BrFN4O2. The summed E-state index contributed by atoms with van der Waals surface area (Å²) in [5.74, 6) is 0.0744. The summed E-state index contributed by atoms with van der Waals surface area (Å²) in [4.78, 5) is 12.6. The molecule has 4 rings (SSSR count). The van der Waals surface area contributed by atoms with E-state index in [1.165, 1.54) is 12.1 Å². The first-order chi connectivity index (χ1) is 13.6. The number of ether oxygens (including phenoxy) is 1. The van der Waals surface area contributed by atoms with Crippen LogP contribution in [0.4, 0.5) is 4.39 Å². The maximum absolute atomic E-state index is 13.1. The second kappa shape index (κ2) is 8.10. The smallest absolute Gasteiger partial charge is 0.273 e. The lowest BCUT2D eigenvalue weighted by Gasteiger charge is -2.09. The third-order valence-electron chi connectivity index (χ3n) is 4.41. The Morgan fingerprint density at radius 2 is 2.04 bits per heavy atom. The lowest BCUT2D eigenvalue weighted by atomic mass is 10.2. The SMILES string of the molecule is O=C(NCCOc1cccc(F)c1)c1nnn(-c2ccc(Br)cc2)c1C1CC1. The van der Waals surface area contributed by atoms with Crippen molar-refractivity contribution in [3.63, 3.8) is 0 Å². The highest BCUT2D eigenvalue weighted by Crippen LogP contribution is 2.42. The van der Waals surface area contributed by atoms with Crippen molar-refractivity contribution >= 4 is 21.8 Å². The molecule has 28 heavy (non-hydrogen) atoms. The van der Waals surface area contributed by atoms with Gasteiger partial charge in [-0.1, -0.05) is 27.2 Å². The van der Waals surface area contributed by atoms with Crippen molar-refractivity contribution in [3.05, 3.63) is 70.2 Å². The molecule has 3 aromatic rings. The molecule has 1 N–H and O–H groups in total. The zero-order valence-electron chi connectivity index (χ0n) is 14.9. The standard InChI is InChI=1S/C20H18BrFN4O2/c21-14-6-8-16(9-7-14)26-19(13-4-5-13)18(24-25-26)20(27)23-10-11-28-17-3-1-2-15(22)12-17/h1-3,6-9,12-13H,4-5,10-11H2,(H,23,27). The van der Waals surface area contributed by atoms with E-state index < -0.39 is 0 Å². The Balaban J connectivity index is 1.42. The number of nitrogens with zero attached hydrogens (tertiary/aromatic N) is 3. The molecule has 1 heterocycles. The molecule has 0 unspecified atom stereocenters. The molecule has 1 aliphatic rings. The number of carbonyl (C=O) groups is 1. The number of rotatable bonds is 7. The zero-order chi connectivity index (χ0) is 19.5. The van der Waals surface area contributed by atoms with Gasteiger partial charge in [0.25, 0.3) is 5.91 Å². The average molecular weight is 445 g/mol. The van der Waals surface area contributed by atoms with E-state index in [0.29, 0.717) is 17.4 Å². The molecule has 1 aromatic heterocycles. The number of carbonyl (C=O) groups excluding carboxylic acids is 1. The number of halogens is 2. The largest absolute Gasteiger partial charge is 0.492 e. The second-order valence-electron chi connectivity index (χ2n) is 6.55. The number of hydrogen-bond donors (Lipinski definition) is 1. The van der Waals surface area contributed by atoms with Crippen LogP contribution < -0.4 is 10.1 Å². The van der Waals surface area contributed by atoms with E-state index in [0.717, 1.165) is 28.7 Å². The van der Waals surface area contributed by atoms with Gasteiger partial charge in [-0.25, -0.2) is 9.07 Å². The van der Waals surface area contributed by atoms with Crippen LogP contribution in [0, 0.1) is 5.82 Å². The van der Waals surface area contributed by atoms with Gasteiger partial charge in [-0.3, -0.25) is 4.79 Å². The van der Waals surface area contributed by atoms with Crippen molar-refractivity contribution in [2.75, 3.05) is 13.2 Å². The summed E-state index contributed by atoms with van der Waals surface area (Å²) in [6.07, 6.45) is 2.04. The Morgan fingerprint density at radius 3 is 2.75 bits per heavy atom. The number of benzene rings is 2. The Hall–Kier alpha value is -2.74. The van der Waals surface area contributed by atoms with Gasteiger partial charge in [-0.15, -0.1) is 5.10 Å². The molecular weight excluding hydrogens is 427 g/mol. The second-order valence-corrected chi connectivity index (χ2v) is 7.46. The van der Waals surface area contributed by atoms with Crippen LogP contribution in [0.2, 0.25) is 0 Å². The van der Waals surface area contributed by atoms with E-state index in [2.05, 4.69) is 31.6 Å². The molecule has 1 saturated carbocycles. The molecule has 0 spiro atoms. The van der Waals surface area contributed by atoms with Crippen LogP contribution in [-0.2, 0) is 0 Å². The Labute approximate surface area is 169 Å². The van der Waals surface area contributed by atoms with Gasteiger partial charge in [0, 0.05) is 16.5 Å². The predicted octanol–water partition coefficient (Wildman–Crippen LogP) is 3.86. The van der Waals surface area contributed by atoms with Crippen molar-refractivity contribution in [3.8, 4) is 11.4 Å². The van der Waals surface area contributed by atoms with Crippen LogP contribution in [0.25, 0.3) is 5.69 Å². The van der Waals surface area contributed by atoms with Gasteiger partial charge in [0.15, 0.2) is 5.69 Å². The topological polar surface area (TPSA) is 69.0 Å². The summed E-state index contributed by atoms with van der Waals surface area (Å²) >= 11 is 3.42. The van der Waals surface area contributed by atoms with E-state index >= 15 is 0 Å². The molecule has 0 radical (unpaired) electrons. The van der Waals surface area contributed by atoms with Crippen molar-refractivity contribution in [2.45, 2.75) is 18.8 Å². The molecule has 1 amide bonds. The van der Waals surface area contributed by atoms with Gasteiger partial charge in [0.05, 0.1) is 17.9 Å². The van der Waals surface area contributed by atoms with Crippen LogP contribution in [0.3, 0.4) is 0 Å². The van der Waals surface area contributed by atoms with E-state index in [4.69, 9.17) is 4.74 Å². The predicted molar refractivity (Wildman–Crippen MR) is 105 cm³/mol. The van der Waals surface area contributed by atoms with Crippen LogP contribution in [0.5, 0.6) is 5.75 Å². The van der Waals surface area contributed by atoms with Crippen molar-refractivity contribution in [1.82, 2.24) is 20.3 Å². The van der Waals surface area contributed by atoms with Gasteiger partial charge < -0.3 is 10.1 Å². The highest BCUT2D eigenvalue weighted by Gasteiger charge is 2.34. The fourth-order valence-electron chi connectivity index (χ4n) is 2.92. The number of hydrogen-bond acceptors (Lipinski definition) is 4. The van der Waals surface area contributed by atoms with Gasteiger partial charge in [0.1, 0.15) is 18.2 Å². The van der Waals surface area contributed by atoms with E-state index in [1.807, 2.05) is 24.3 Å². The van der Waals surface area contributed by atoms with E-state index in [-0.39, 0.29) is 24.9 Å². The van der Waals surface area contributed by atoms with Crippen molar-refractivity contribution in [2.24, 2.45) is 0 Å². The summed E-state index contributed by atoms with van der Waals surface area (Å²) in [6.45, 7) is 0.513. The summed E-state index contributed by atoms with van der Waals surface area (Å²) in [5.41, 5.74) is 2.05. The molecule has 0 bridgehead atoms. The molecule has 0 saturated heterocycles. The molecule has 2 aromatic carbocycles. The molecule has 144 valence electrons. The molecule has 0 aliphatic heterocycles. The molecule has 8 heteroatoms. The monoisotopic (exact) mass is 444 g/mol. The third kappa shape index (κ3) is 4.22. The van der Waals surface area contributed by atoms with Gasteiger partial charge in [-0.2, -0.15) is 0 Å². The highest BCUT2D eigenvalue weighted by atomic mass is 79.9. The Kier molecular flexibility index (Phi) is 5.38. The summed E-state index contributed by atoms with van der Waals surface area (Å²) < 4.78 is 21.3. The first-order valence-corrected chi connectivity index (χ1v) is 9.79. The first-order valence-electron chi connectivity index (χ1n) is 9.00. The lowest BCUT2D eigenvalue weighted by molar-refractivity contribution is 0.0941. The molecule has 1 aliphatic carbocycles. The minimum atomic E-state index is -0.361. The molecule has 0 atom stereocenters. The molecule has 6 nitrogen and oxygen atoms in total. The minimum absolute atomic E-state index is 0.231. The van der Waals surface area contributed by atoms with E-state index in [9.17, 15) is 9.18 Å². The minimum Gasteiger partial charge on any atom is -0.492 e. The van der Waals surface area contributed by atoms with Crippen LogP contribution >= 0.6 is 15.9 Å². The van der Waals surface area contributed by atoms with Crippen molar-refractivity contribution < 1.29 is 13.9 Å². The van der Waals surface area contributed by atoms with Gasteiger partial charge in [0.2, 0.25) is 0 Å². The number of aromatic nitrogens is 3. The van der Waals surface area contributed by atoms with Crippen LogP contribution in [-0.4, -0.2) is 34.1 Å². The average Bonchev–Trinajstić information content (AvgIpc) is 3.44. The Bertz CT molecular complexity index is 986. The van der Waals surface area contributed by atoms with Crippen molar-refractivity contribution in [1.29, 1.82) is 0 Å². The maximum Gasteiger partial charge on any atom is 0.273 e.